The summed E-state index contributed by atoms with van der Waals surface area (Å²) in [5.41, 5.74) is 0.250. The van der Waals surface area contributed by atoms with E-state index in [4.69, 9.17) is 4.74 Å². The van der Waals surface area contributed by atoms with Crippen LogP contribution in [0.5, 0.6) is 5.75 Å². The van der Waals surface area contributed by atoms with Gasteiger partial charge in [0.25, 0.3) is 5.56 Å². The van der Waals surface area contributed by atoms with Crippen LogP contribution in [0.1, 0.15) is 13.3 Å². The molecule has 0 spiro atoms. The summed E-state index contributed by atoms with van der Waals surface area (Å²) in [5, 5.41) is 4.44. The zero-order chi connectivity index (χ0) is 23.6. The highest BCUT2D eigenvalue weighted by Gasteiger charge is 2.30. The topological polar surface area (TPSA) is 120 Å². The second-order valence-electron chi connectivity index (χ2n) is 7.69. The first-order chi connectivity index (χ1) is 15.8. The standard InChI is InChI=1S/C21H26N6O5S/c1-3-32-16-4-6-17(7-5-16)33(30,31)27-12-10-25(11-13-27)19(28)8-9-26-15-22-20-18(21(26)29)14-23-24(20)2/h4-7,14-15H,3,8-13H2,1-2H3. The second-order valence-corrected chi connectivity index (χ2v) is 9.63. The lowest BCUT2D eigenvalue weighted by atomic mass is 10.3. The van der Waals surface area contributed by atoms with Gasteiger partial charge < -0.3 is 9.64 Å². The molecule has 2 aromatic heterocycles. The van der Waals surface area contributed by atoms with Gasteiger partial charge in [-0.25, -0.2) is 13.4 Å². The first-order valence-electron chi connectivity index (χ1n) is 10.7. The highest BCUT2D eigenvalue weighted by Crippen LogP contribution is 2.21. The number of rotatable bonds is 7. The van der Waals surface area contributed by atoms with Gasteiger partial charge in [0.2, 0.25) is 15.9 Å². The van der Waals surface area contributed by atoms with Crippen molar-refractivity contribution >= 4 is 27.0 Å². The SMILES string of the molecule is CCOc1ccc(S(=O)(=O)N2CCN(C(=O)CCn3cnc4c(cnn4C)c3=O)CC2)cc1. The lowest BCUT2D eigenvalue weighted by molar-refractivity contribution is -0.132. The Morgan fingerprint density at radius 1 is 1.12 bits per heavy atom. The molecule has 1 aliphatic heterocycles. The van der Waals surface area contributed by atoms with E-state index in [1.165, 1.54) is 38.2 Å². The summed E-state index contributed by atoms with van der Waals surface area (Å²) < 4.78 is 35.5. The van der Waals surface area contributed by atoms with Crippen LogP contribution >= 0.6 is 0 Å². The van der Waals surface area contributed by atoms with E-state index in [2.05, 4.69) is 10.1 Å². The maximum absolute atomic E-state index is 12.9. The largest absolute Gasteiger partial charge is 0.494 e. The number of carbonyl (C=O) groups excluding carboxylic acids is 1. The van der Waals surface area contributed by atoms with Crippen LogP contribution < -0.4 is 10.3 Å². The van der Waals surface area contributed by atoms with Crippen molar-refractivity contribution in [2.24, 2.45) is 7.05 Å². The van der Waals surface area contributed by atoms with Gasteiger partial charge in [-0.2, -0.15) is 9.40 Å². The minimum Gasteiger partial charge on any atom is -0.494 e. The van der Waals surface area contributed by atoms with E-state index in [9.17, 15) is 18.0 Å². The Balaban J connectivity index is 1.34. The molecule has 1 amide bonds. The third-order valence-corrected chi connectivity index (χ3v) is 7.56. The predicted molar refractivity (Wildman–Crippen MR) is 120 cm³/mol. The number of aromatic nitrogens is 4. The summed E-state index contributed by atoms with van der Waals surface area (Å²) in [6.45, 7) is 3.58. The van der Waals surface area contributed by atoms with Crippen LogP contribution in [-0.2, 0) is 28.4 Å². The fourth-order valence-corrected chi connectivity index (χ4v) is 5.22. The molecule has 0 unspecified atom stereocenters. The number of fused-ring (bicyclic) bond motifs is 1. The number of benzene rings is 1. The normalized spacial score (nSPS) is 15.2. The number of hydrogen-bond donors (Lipinski definition) is 0. The third-order valence-electron chi connectivity index (χ3n) is 5.65. The van der Waals surface area contributed by atoms with Gasteiger partial charge in [-0.15, -0.1) is 0 Å². The van der Waals surface area contributed by atoms with Crippen molar-refractivity contribution in [1.29, 1.82) is 0 Å². The fraction of sp³-hybridized carbons (Fsp3) is 0.429. The average Bonchev–Trinajstić information content (AvgIpc) is 3.20. The molecular formula is C21H26N6O5S. The van der Waals surface area contributed by atoms with Crippen LogP contribution in [0.15, 0.2) is 46.5 Å². The number of ether oxygens (including phenoxy) is 1. The lowest BCUT2D eigenvalue weighted by Crippen LogP contribution is -2.50. The molecule has 0 radical (unpaired) electrons. The molecule has 176 valence electrons. The number of carbonyl (C=O) groups is 1. The highest BCUT2D eigenvalue weighted by molar-refractivity contribution is 7.89. The van der Waals surface area contributed by atoms with Crippen molar-refractivity contribution in [3.63, 3.8) is 0 Å². The molecule has 0 aliphatic carbocycles. The number of sulfonamides is 1. The van der Waals surface area contributed by atoms with Crippen LogP contribution in [0.4, 0.5) is 0 Å². The van der Waals surface area contributed by atoms with E-state index in [1.807, 2.05) is 6.92 Å². The van der Waals surface area contributed by atoms with Gasteiger partial charge in [-0.1, -0.05) is 0 Å². The van der Waals surface area contributed by atoms with Crippen LogP contribution in [0, 0.1) is 0 Å². The van der Waals surface area contributed by atoms with E-state index in [-0.39, 0.29) is 42.4 Å². The van der Waals surface area contributed by atoms with Gasteiger partial charge in [0.15, 0.2) is 5.65 Å². The molecule has 0 bridgehead atoms. The molecule has 1 aliphatic rings. The average molecular weight is 475 g/mol. The van der Waals surface area contributed by atoms with Crippen molar-refractivity contribution in [3.8, 4) is 5.75 Å². The quantitative estimate of drug-likeness (QED) is 0.488. The molecule has 11 nitrogen and oxygen atoms in total. The van der Waals surface area contributed by atoms with Crippen molar-refractivity contribution < 1.29 is 17.9 Å². The van der Waals surface area contributed by atoms with E-state index in [1.54, 1.807) is 24.1 Å². The number of hydrogen-bond acceptors (Lipinski definition) is 7. The second kappa shape index (κ2) is 9.32. The number of piperazine rings is 1. The molecule has 12 heteroatoms. The maximum atomic E-state index is 12.9. The number of amides is 1. The van der Waals surface area contributed by atoms with Crippen molar-refractivity contribution in [1.82, 2.24) is 28.5 Å². The maximum Gasteiger partial charge on any atom is 0.264 e. The van der Waals surface area contributed by atoms with Crippen molar-refractivity contribution in [2.75, 3.05) is 32.8 Å². The minimum absolute atomic E-state index is 0.124. The zero-order valence-corrected chi connectivity index (χ0v) is 19.4. The van der Waals surface area contributed by atoms with Crippen molar-refractivity contribution in [3.05, 3.63) is 47.1 Å². The van der Waals surface area contributed by atoms with E-state index in [0.717, 1.165) is 0 Å². The molecule has 33 heavy (non-hydrogen) atoms. The Morgan fingerprint density at radius 2 is 1.82 bits per heavy atom. The summed E-state index contributed by atoms with van der Waals surface area (Å²) >= 11 is 0. The molecule has 0 N–H and O–H groups in total. The van der Waals surface area contributed by atoms with E-state index in [0.29, 0.717) is 36.5 Å². The number of aryl methyl sites for hydroxylation is 2. The smallest absolute Gasteiger partial charge is 0.264 e. The first-order valence-corrected chi connectivity index (χ1v) is 12.1. The van der Waals surface area contributed by atoms with E-state index >= 15 is 0 Å². The van der Waals surface area contributed by atoms with Gasteiger partial charge in [0, 0.05) is 46.2 Å². The van der Waals surface area contributed by atoms with Gasteiger partial charge >= 0.3 is 0 Å². The molecule has 4 rings (SSSR count). The Bertz CT molecular complexity index is 1310. The molecule has 0 saturated carbocycles. The van der Waals surface area contributed by atoms with Crippen LogP contribution in [0.2, 0.25) is 0 Å². The highest BCUT2D eigenvalue weighted by atomic mass is 32.2. The summed E-state index contributed by atoms with van der Waals surface area (Å²) in [4.78, 5) is 31.3. The molecular weight excluding hydrogens is 448 g/mol. The van der Waals surface area contributed by atoms with Gasteiger partial charge in [-0.3, -0.25) is 18.8 Å². The molecule has 1 aromatic carbocycles. The van der Waals surface area contributed by atoms with Crippen molar-refractivity contribution in [2.45, 2.75) is 24.8 Å². The van der Waals surface area contributed by atoms with Gasteiger partial charge in [0.05, 0.1) is 24.0 Å². The molecule has 3 aromatic rings. The van der Waals surface area contributed by atoms with Gasteiger partial charge in [-0.05, 0) is 31.2 Å². The Morgan fingerprint density at radius 3 is 2.48 bits per heavy atom. The Kier molecular flexibility index (Phi) is 6.47. The minimum atomic E-state index is -3.64. The molecule has 1 saturated heterocycles. The zero-order valence-electron chi connectivity index (χ0n) is 18.5. The Labute approximate surface area is 191 Å². The monoisotopic (exact) mass is 474 g/mol. The Hall–Kier alpha value is -3.25. The predicted octanol–water partition coefficient (Wildman–Crippen LogP) is 0.452. The van der Waals surface area contributed by atoms with Gasteiger partial charge in [0.1, 0.15) is 11.1 Å². The van der Waals surface area contributed by atoms with Crippen LogP contribution in [-0.4, -0.2) is 75.6 Å². The number of nitrogens with zero attached hydrogens (tertiary/aromatic N) is 6. The van der Waals surface area contributed by atoms with Crippen LogP contribution in [0.3, 0.4) is 0 Å². The summed E-state index contributed by atoms with van der Waals surface area (Å²) in [7, 11) is -1.94. The summed E-state index contributed by atoms with van der Waals surface area (Å²) in [6.07, 6.45) is 3.01. The molecule has 1 fully saturated rings. The lowest BCUT2D eigenvalue weighted by Gasteiger charge is -2.34. The van der Waals surface area contributed by atoms with Crippen LogP contribution in [0.25, 0.3) is 11.0 Å². The van der Waals surface area contributed by atoms with E-state index < -0.39 is 10.0 Å². The third kappa shape index (κ3) is 4.62. The molecule has 0 atom stereocenters. The summed E-state index contributed by atoms with van der Waals surface area (Å²) in [6, 6.07) is 6.33. The molecule has 3 heterocycles. The fourth-order valence-electron chi connectivity index (χ4n) is 3.80. The first kappa shape index (κ1) is 22.9. The summed E-state index contributed by atoms with van der Waals surface area (Å²) in [5.74, 6) is 0.482.